The molecule has 0 aliphatic carbocycles. The van der Waals surface area contributed by atoms with Gasteiger partial charge in [-0.15, -0.1) is 0 Å². The van der Waals surface area contributed by atoms with E-state index in [1.165, 1.54) is 33.5 Å². The number of rotatable bonds is 3. The minimum atomic E-state index is -0.549. The molecule has 6 nitrogen and oxygen atoms in total. The second kappa shape index (κ2) is 4.48. The summed E-state index contributed by atoms with van der Waals surface area (Å²) in [5.41, 5.74) is -0.437. The highest BCUT2D eigenvalue weighted by Gasteiger charge is 2.23. The molecule has 96 valence electrons. The third-order valence-electron chi connectivity index (χ3n) is 2.53. The Bertz CT molecular complexity index is 643. The van der Waals surface area contributed by atoms with Crippen LogP contribution >= 0.6 is 0 Å². The van der Waals surface area contributed by atoms with Gasteiger partial charge in [0, 0.05) is 6.07 Å². The molecule has 0 atom stereocenters. The Morgan fingerprint density at radius 1 is 1.00 bits per heavy atom. The van der Waals surface area contributed by atoms with Crippen molar-refractivity contribution in [2.75, 3.05) is 21.3 Å². The van der Waals surface area contributed by atoms with Gasteiger partial charge in [0.1, 0.15) is 0 Å². The van der Waals surface area contributed by atoms with Gasteiger partial charge in [-0.2, -0.15) is 0 Å². The molecule has 1 aromatic heterocycles. The van der Waals surface area contributed by atoms with Crippen LogP contribution in [-0.4, -0.2) is 26.4 Å². The maximum Gasteiger partial charge on any atom is 0.336 e. The first-order chi connectivity index (χ1) is 8.63. The first-order valence-electron chi connectivity index (χ1n) is 5.08. The number of methoxy groups -OCH3 is 3. The SMILES string of the molecule is COc1c(OC)c(OC)c2oc(=O)ccc2c1O. The molecule has 0 aliphatic rings. The molecule has 1 N–H and O–H groups in total. The van der Waals surface area contributed by atoms with Crippen molar-refractivity contribution in [1.82, 2.24) is 0 Å². The lowest BCUT2D eigenvalue weighted by Gasteiger charge is -2.15. The van der Waals surface area contributed by atoms with Crippen LogP contribution in [0.2, 0.25) is 0 Å². The summed E-state index contributed by atoms with van der Waals surface area (Å²) >= 11 is 0. The van der Waals surface area contributed by atoms with Gasteiger partial charge in [-0.05, 0) is 6.07 Å². The highest BCUT2D eigenvalue weighted by molar-refractivity contribution is 5.94. The average molecular weight is 252 g/mol. The Labute approximate surface area is 102 Å². The van der Waals surface area contributed by atoms with E-state index in [-0.39, 0.29) is 28.6 Å². The van der Waals surface area contributed by atoms with Crippen molar-refractivity contribution in [2.24, 2.45) is 0 Å². The molecule has 0 amide bonds. The predicted octanol–water partition coefficient (Wildman–Crippen LogP) is 1.52. The van der Waals surface area contributed by atoms with Crippen molar-refractivity contribution in [3.63, 3.8) is 0 Å². The van der Waals surface area contributed by atoms with Crippen LogP contribution in [0.25, 0.3) is 11.0 Å². The summed E-state index contributed by atoms with van der Waals surface area (Å²) in [6.07, 6.45) is 0. The molecule has 0 radical (unpaired) electrons. The van der Waals surface area contributed by atoms with E-state index in [4.69, 9.17) is 18.6 Å². The molecule has 1 aromatic carbocycles. The normalized spacial score (nSPS) is 10.4. The summed E-state index contributed by atoms with van der Waals surface area (Å²) in [4.78, 5) is 11.2. The summed E-state index contributed by atoms with van der Waals surface area (Å²) in [5.74, 6) is 0.309. The highest BCUT2D eigenvalue weighted by atomic mass is 16.5. The molecule has 0 saturated carbocycles. The first kappa shape index (κ1) is 12.1. The maximum absolute atomic E-state index is 11.2. The van der Waals surface area contributed by atoms with E-state index >= 15 is 0 Å². The minimum Gasteiger partial charge on any atom is -0.504 e. The van der Waals surface area contributed by atoms with E-state index in [2.05, 4.69) is 0 Å². The largest absolute Gasteiger partial charge is 0.504 e. The summed E-state index contributed by atoms with van der Waals surface area (Å²) in [6, 6.07) is 2.63. The van der Waals surface area contributed by atoms with E-state index in [0.717, 1.165) is 0 Å². The lowest BCUT2D eigenvalue weighted by atomic mass is 10.1. The molecular formula is C12H12O6. The topological polar surface area (TPSA) is 78.1 Å². The zero-order valence-corrected chi connectivity index (χ0v) is 10.1. The van der Waals surface area contributed by atoms with Crippen molar-refractivity contribution in [1.29, 1.82) is 0 Å². The number of phenols is 1. The van der Waals surface area contributed by atoms with Gasteiger partial charge in [-0.25, -0.2) is 4.79 Å². The van der Waals surface area contributed by atoms with Gasteiger partial charge in [-0.3, -0.25) is 0 Å². The van der Waals surface area contributed by atoms with Crippen LogP contribution in [0.4, 0.5) is 0 Å². The van der Waals surface area contributed by atoms with E-state index in [9.17, 15) is 9.90 Å². The van der Waals surface area contributed by atoms with Gasteiger partial charge in [0.05, 0.1) is 26.7 Å². The molecule has 0 saturated heterocycles. The fourth-order valence-electron chi connectivity index (χ4n) is 1.77. The van der Waals surface area contributed by atoms with Gasteiger partial charge in [-0.1, -0.05) is 0 Å². The molecular weight excluding hydrogens is 240 g/mol. The zero-order valence-electron chi connectivity index (χ0n) is 10.1. The van der Waals surface area contributed by atoms with E-state index < -0.39 is 5.63 Å². The molecule has 2 aromatic rings. The minimum absolute atomic E-state index is 0.111. The number of ether oxygens (including phenoxy) is 3. The fraction of sp³-hybridized carbons (Fsp3) is 0.250. The first-order valence-corrected chi connectivity index (χ1v) is 5.08. The van der Waals surface area contributed by atoms with E-state index in [1.54, 1.807) is 0 Å². The molecule has 0 bridgehead atoms. The Morgan fingerprint density at radius 3 is 2.17 bits per heavy atom. The lowest BCUT2D eigenvalue weighted by molar-refractivity contribution is 0.311. The second-order valence-corrected chi connectivity index (χ2v) is 3.45. The molecule has 1 heterocycles. The van der Waals surface area contributed by atoms with Crippen LogP contribution in [0.1, 0.15) is 0 Å². The smallest absolute Gasteiger partial charge is 0.336 e. The molecule has 6 heteroatoms. The van der Waals surface area contributed by atoms with Gasteiger partial charge in [0.25, 0.3) is 0 Å². The highest BCUT2D eigenvalue weighted by Crippen LogP contribution is 2.49. The quantitative estimate of drug-likeness (QED) is 0.834. The van der Waals surface area contributed by atoms with Crippen LogP contribution in [0.5, 0.6) is 23.0 Å². The number of benzene rings is 1. The lowest BCUT2D eigenvalue weighted by Crippen LogP contribution is -2.00. The van der Waals surface area contributed by atoms with Crippen LogP contribution < -0.4 is 19.8 Å². The molecule has 18 heavy (non-hydrogen) atoms. The molecule has 0 fully saturated rings. The fourth-order valence-corrected chi connectivity index (χ4v) is 1.77. The van der Waals surface area contributed by atoms with Crippen LogP contribution in [0.15, 0.2) is 21.3 Å². The number of aromatic hydroxyl groups is 1. The van der Waals surface area contributed by atoms with E-state index in [0.29, 0.717) is 5.39 Å². The number of hydrogen-bond donors (Lipinski definition) is 1. The predicted molar refractivity (Wildman–Crippen MR) is 63.8 cm³/mol. The summed E-state index contributed by atoms with van der Waals surface area (Å²) < 4.78 is 20.4. The molecule has 0 unspecified atom stereocenters. The molecule has 0 spiro atoms. The van der Waals surface area contributed by atoms with E-state index in [1.807, 2.05) is 0 Å². The maximum atomic E-state index is 11.2. The van der Waals surface area contributed by atoms with Gasteiger partial charge < -0.3 is 23.7 Å². The summed E-state index contributed by atoms with van der Waals surface area (Å²) in [5, 5.41) is 10.4. The number of hydrogen-bond acceptors (Lipinski definition) is 6. The molecule has 0 aliphatic heterocycles. The Balaban J connectivity index is 3.00. The van der Waals surface area contributed by atoms with Gasteiger partial charge >= 0.3 is 5.63 Å². The van der Waals surface area contributed by atoms with Crippen LogP contribution in [0, 0.1) is 0 Å². The van der Waals surface area contributed by atoms with Crippen molar-refractivity contribution in [3.8, 4) is 23.0 Å². The summed E-state index contributed by atoms with van der Waals surface area (Å²) in [7, 11) is 4.19. The Kier molecular flexibility index (Phi) is 3.01. The van der Waals surface area contributed by atoms with Gasteiger partial charge in [0.2, 0.25) is 17.2 Å². The standard InChI is InChI=1S/C12H12O6/c1-15-10-8(14)6-4-5-7(13)18-9(6)11(16-2)12(10)17-3/h4-5,14H,1-3H3. The van der Waals surface area contributed by atoms with Crippen molar-refractivity contribution < 1.29 is 23.7 Å². The monoisotopic (exact) mass is 252 g/mol. The Hall–Kier alpha value is -2.37. The van der Waals surface area contributed by atoms with Crippen molar-refractivity contribution >= 4 is 11.0 Å². The second-order valence-electron chi connectivity index (χ2n) is 3.45. The summed E-state index contributed by atoms with van der Waals surface area (Å²) in [6.45, 7) is 0. The van der Waals surface area contributed by atoms with Crippen LogP contribution in [0.3, 0.4) is 0 Å². The van der Waals surface area contributed by atoms with Gasteiger partial charge in [0.15, 0.2) is 11.3 Å². The number of phenolic OH excluding ortho intramolecular Hbond substituents is 1. The third-order valence-corrected chi connectivity index (χ3v) is 2.53. The van der Waals surface area contributed by atoms with Crippen LogP contribution in [-0.2, 0) is 0 Å². The number of fused-ring (bicyclic) bond motifs is 1. The molecule has 2 rings (SSSR count). The zero-order chi connectivity index (χ0) is 13.3. The average Bonchev–Trinajstić information content (AvgIpc) is 2.38. The van der Waals surface area contributed by atoms with Crippen molar-refractivity contribution in [2.45, 2.75) is 0 Å². The Morgan fingerprint density at radius 2 is 1.61 bits per heavy atom. The third kappa shape index (κ3) is 1.62. The van der Waals surface area contributed by atoms with Crippen molar-refractivity contribution in [3.05, 3.63) is 22.6 Å².